The minimum atomic E-state index is -0.933. The van der Waals surface area contributed by atoms with Crippen LogP contribution < -0.4 is 11.1 Å². The Hall–Kier alpha value is -1.14. The first-order valence-corrected chi connectivity index (χ1v) is 7.00. The third-order valence-corrected chi connectivity index (χ3v) is 5.06. The summed E-state index contributed by atoms with van der Waals surface area (Å²) in [5.74, 6) is -0.574. The first-order valence-electron chi connectivity index (χ1n) is 7.00. The molecule has 3 fully saturated rings. The van der Waals surface area contributed by atoms with Gasteiger partial charge in [-0.1, -0.05) is 0 Å². The molecular formula is C13H21N3O3. The first kappa shape index (κ1) is 12.9. The van der Waals surface area contributed by atoms with Crippen LogP contribution in [0.4, 0.5) is 0 Å². The van der Waals surface area contributed by atoms with Gasteiger partial charge in [-0.2, -0.15) is 0 Å². The third kappa shape index (κ3) is 1.94. The Morgan fingerprint density at radius 2 is 2.00 bits per heavy atom. The van der Waals surface area contributed by atoms with Crippen molar-refractivity contribution in [2.75, 3.05) is 26.2 Å². The molecule has 0 aromatic rings. The number of hydrogen-bond acceptors (Lipinski definition) is 4. The van der Waals surface area contributed by atoms with E-state index in [0.29, 0.717) is 32.4 Å². The number of carbonyl (C=O) groups excluding carboxylic acids is 2. The number of nitrogens with two attached hydrogens (primary N) is 1. The van der Waals surface area contributed by atoms with E-state index < -0.39 is 16.9 Å². The number of amides is 2. The second-order valence-corrected chi connectivity index (χ2v) is 6.20. The number of hydrogen-bond donors (Lipinski definition) is 3. The Morgan fingerprint density at radius 3 is 2.63 bits per heavy atom. The van der Waals surface area contributed by atoms with Gasteiger partial charge in [0.1, 0.15) is 5.41 Å². The number of rotatable bonds is 2. The SMILES string of the molecule is NC(=O)C1(C(=O)N2CC[C@@]3(O)CCNC[C@H]3C2)CC1. The topological polar surface area (TPSA) is 95.7 Å². The quantitative estimate of drug-likeness (QED) is 0.549. The second kappa shape index (κ2) is 4.18. The molecule has 106 valence electrons. The van der Waals surface area contributed by atoms with Crippen molar-refractivity contribution in [1.82, 2.24) is 10.2 Å². The molecule has 0 aromatic heterocycles. The van der Waals surface area contributed by atoms with Crippen LogP contribution in [-0.2, 0) is 9.59 Å². The lowest BCUT2D eigenvalue weighted by Crippen LogP contribution is -2.61. The van der Waals surface area contributed by atoms with Crippen molar-refractivity contribution in [2.45, 2.75) is 31.3 Å². The molecule has 1 saturated carbocycles. The summed E-state index contributed by atoms with van der Waals surface area (Å²) in [6, 6.07) is 0. The number of nitrogens with one attached hydrogen (secondary N) is 1. The summed E-state index contributed by atoms with van der Waals surface area (Å²) in [4.78, 5) is 25.6. The summed E-state index contributed by atoms with van der Waals surface area (Å²) in [5, 5.41) is 13.8. The predicted molar refractivity (Wildman–Crippen MR) is 68.0 cm³/mol. The smallest absolute Gasteiger partial charge is 0.238 e. The van der Waals surface area contributed by atoms with Crippen LogP contribution in [0, 0.1) is 11.3 Å². The Morgan fingerprint density at radius 1 is 1.26 bits per heavy atom. The van der Waals surface area contributed by atoms with Gasteiger partial charge in [0, 0.05) is 25.6 Å². The second-order valence-electron chi connectivity index (χ2n) is 6.20. The van der Waals surface area contributed by atoms with Crippen LogP contribution in [-0.4, -0.2) is 53.6 Å². The zero-order valence-corrected chi connectivity index (χ0v) is 11.0. The normalized spacial score (nSPS) is 36.5. The van der Waals surface area contributed by atoms with Crippen molar-refractivity contribution in [3.05, 3.63) is 0 Å². The molecule has 1 aliphatic carbocycles. The number of piperidine rings is 2. The fraction of sp³-hybridized carbons (Fsp3) is 0.846. The van der Waals surface area contributed by atoms with Gasteiger partial charge in [-0.15, -0.1) is 0 Å². The number of likely N-dealkylation sites (tertiary alicyclic amines) is 1. The van der Waals surface area contributed by atoms with Gasteiger partial charge in [0.2, 0.25) is 11.8 Å². The zero-order valence-electron chi connectivity index (χ0n) is 11.0. The van der Waals surface area contributed by atoms with Crippen molar-refractivity contribution >= 4 is 11.8 Å². The monoisotopic (exact) mass is 267 g/mol. The number of carbonyl (C=O) groups is 2. The van der Waals surface area contributed by atoms with E-state index in [1.54, 1.807) is 4.90 Å². The standard InChI is InChI=1S/C13H21N3O3/c14-10(17)12(1-2-12)11(18)16-6-4-13(19)3-5-15-7-9(13)8-16/h9,15,19H,1-8H2,(H2,14,17)/t9-,13-/m0/s1. The summed E-state index contributed by atoms with van der Waals surface area (Å²) >= 11 is 0. The summed E-state index contributed by atoms with van der Waals surface area (Å²) in [7, 11) is 0. The molecule has 6 heteroatoms. The van der Waals surface area contributed by atoms with Crippen molar-refractivity contribution < 1.29 is 14.7 Å². The molecule has 2 atom stereocenters. The van der Waals surface area contributed by atoms with E-state index in [1.807, 2.05) is 0 Å². The maximum absolute atomic E-state index is 12.4. The van der Waals surface area contributed by atoms with Gasteiger partial charge in [-0.05, 0) is 32.2 Å². The Kier molecular flexibility index (Phi) is 2.83. The average molecular weight is 267 g/mol. The molecule has 3 aliphatic rings. The predicted octanol–water partition coefficient (Wildman–Crippen LogP) is -1.18. The molecular weight excluding hydrogens is 246 g/mol. The highest BCUT2D eigenvalue weighted by molar-refractivity contribution is 6.07. The van der Waals surface area contributed by atoms with Crippen molar-refractivity contribution in [3.8, 4) is 0 Å². The fourth-order valence-corrected chi connectivity index (χ4v) is 3.40. The Balaban J connectivity index is 1.71. The lowest BCUT2D eigenvalue weighted by molar-refractivity contribution is -0.151. The molecule has 2 aliphatic heterocycles. The lowest BCUT2D eigenvalue weighted by Gasteiger charge is -2.48. The molecule has 4 N–H and O–H groups in total. The molecule has 2 saturated heterocycles. The van der Waals surface area contributed by atoms with Crippen molar-refractivity contribution in [2.24, 2.45) is 17.1 Å². The zero-order chi connectivity index (χ0) is 13.7. The highest BCUT2D eigenvalue weighted by Crippen LogP contribution is 2.48. The highest BCUT2D eigenvalue weighted by Gasteiger charge is 2.58. The number of primary amides is 1. The molecule has 2 heterocycles. The molecule has 6 nitrogen and oxygen atoms in total. The fourth-order valence-electron chi connectivity index (χ4n) is 3.40. The largest absolute Gasteiger partial charge is 0.389 e. The van der Waals surface area contributed by atoms with Gasteiger partial charge in [0.05, 0.1) is 5.60 Å². The molecule has 2 amide bonds. The highest BCUT2D eigenvalue weighted by atomic mass is 16.3. The van der Waals surface area contributed by atoms with Gasteiger partial charge < -0.3 is 21.1 Å². The minimum absolute atomic E-state index is 0.0580. The summed E-state index contributed by atoms with van der Waals surface area (Å²) in [5.41, 5.74) is 3.77. The third-order valence-electron chi connectivity index (χ3n) is 5.06. The average Bonchev–Trinajstić information content (AvgIpc) is 3.18. The lowest BCUT2D eigenvalue weighted by atomic mass is 9.76. The van der Waals surface area contributed by atoms with Gasteiger partial charge in [0.25, 0.3) is 0 Å². The number of aliphatic hydroxyl groups is 1. The van der Waals surface area contributed by atoms with Gasteiger partial charge in [-0.3, -0.25) is 9.59 Å². The van der Waals surface area contributed by atoms with Gasteiger partial charge in [0.15, 0.2) is 0 Å². The van der Waals surface area contributed by atoms with Crippen LogP contribution in [0.15, 0.2) is 0 Å². The van der Waals surface area contributed by atoms with Crippen LogP contribution in [0.2, 0.25) is 0 Å². The molecule has 0 aromatic carbocycles. The molecule has 0 unspecified atom stereocenters. The molecule has 0 bridgehead atoms. The minimum Gasteiger partial charge on any atom is -0.389 e. The van der Waals surface area contributed by atoms with Crippen LogP contribution in [0.1, 0.15) is 25.7 Å². The van der Waals surface area contributed by atoms with Crippen molar-refractivity contribution in [3.63, 3.8) is 0 Å². The molecule has 0 radical (unpaired) electrons. The van der Waals surface area contributed by atoms with E-state index in [4.69, 9.17) is 5.73 Å². The van der Waals surface area contributed by atoms with E-state index in [0.717, 1.165) is 19.5 Å². The van der Waals surface area contributed by atoms with Gasteiger partial charge >= 0.3 is 0 Å². The van der Waals surface area contributed by atoms with Gasteiger partial charge in [-0.25, -0.2) is 0 Å². The molecule has 0 spiro atoms. The summed E-state index contributed by atoms with van der Waals surface area (Å²) < 4.78 is 0. The van der Waals surface area contributed by atoms with E-state index in [-0.39, 0.29) is 11.8 Å². The Bertz CT molecular complexity index is 421. The molecule has 19 heavy (non-hydrogen) atoms. The number of nitrogens with zero attached hydrogens (tertiary/aromatic N) is 1. The summed E-state index contributed by atoms with van der Waals surface area (Å²) in [6.07, 6.45) is 2.48. The maximum atomic E-state index is 12.4. The first-order chi connectivity index (χ1) is 8.98. The maximum Gasteiger partial charge on any atom is 0.238 e. The number of fused-ring (bicyclic) bond motifs is 1. The van der Waals surface area contributed by atoms with E-state index in [9.17, 15) is 14.7 Å². The van der Waals surface area contributed by atoms with Crippen molar-refractivity contribution in [1.29, 1.82) is 0 Å². The molecule has 3 rings (SSSR count). The van der Waals surface area contributed by atoms with E-state index >= 15 is 0 Å². The van der Waals surface area contributed by atoms with E-state index in [1.165, 1.54) is 0 Å². The van der Waals surface area contributed by atoms with Crippen LogP contribution in [0.3, 0.4) is 0 Å². The van der Waals surface area contributed by atoms with Crippen LogP contribution in [0.25, 0.3) is 0 Å². The van der Waals surface area contributed by atoms with Crippen LogP contribution >= 0.6 is 0 Å². The van der Waals surface area contributed by atoms with Crippen LogP contribution in [0.5, 0.6) is 0 Å². The van der Waals surface area contributed by atoms with E-state index in [2.05, 4.69) is 5.32 Å². The Labute approximate surface area is 112 Å². The summed E-state index contributed by atoms with van der Waals surface area (Å²) in [6.45, 7) is 2.61.